The van der Waals surface area contributed by atoms with Gasteiger partial charge in [0, 0.05) is 16.8 Å². The molecular weight excluding hydrogens is 300 g/mol. The third-order valence-corrected chi connectivity index (χ3v) is 3.78. The number of pyridine rings is 1. The molecule has 20 heavy (non-hydrogen) atoms. The van der Waals surface area contributed by atoms with Gasteiger partial charge in [-0.2, -0.15) is 0 Å². The van der Waals surface area contributed by atoms with Crippen molar-refractivity contribution >= 4 is 34.9 Å². The summed E-state index contributed by atoms with van der Waals surface area (Å²) >= 11 is 7.08. The molecule has 0 fully saturated rings. The van der Waals surface area contributed by atoms with Gasteiger partial charge in [-0.05, 0) is 23.8 Å². The van der Waals surface area contributed by atoms with Crippen molar-refractivity contribution in [2.75, 3.05) is 5.43 Å². The predicted octanol–water partition coefficient (Wildman–Crippen LogP) is 3.22. The van der Waals surface area contributed by atoms with Gasteiger partial charge in [-0.25, -0.2) is 10.8 Å². The molecule has 0 aliphatic carbocycles. The van der Waals surface area contributed by atoms with E-state index in [2.05, 4.69) is 10.4 Å². The summed E-state index contributed by atoms with van der Waals surface area (Å²) < 4.78 is 0. The van der Waals surface area contributed by atoms with E-state index in [9.17, 15) is 10.1 Å². The van der Waals surface area contributed by atoms with Crippen molar-refractivity contribution in [2.45, 2.75) is 10.8 Å². The molecule has 2 rings (SSSR count). The molecule has 1 heterocycles. The maximum Gasteiger partial charge on any atom is 0.301 e. The van der Waals surface area contributed by atoms with Crippen LogP contribution >= 0.6 is 23.4 Å². The SMILES string of the molecule is NNc1ccc([N+](=O)[O-])c(SCc2ccc(Cl)cc2)n1. The Morgan fingerprint density at radius 3 is 2.60 bits per heavy atom. The Bertz CT molecular complexity index is 621. The Balaban J connectivity index is 2.18. The van der Waals surface area contributed by atoms with E-state index in [0.717, 1.165) is 5.56 Å². The molecular formula is C12H11ClN4O2S. The van der Waals surface area contributed by atoms with E-state index >= 15 is 0 Å². The van der Waals surface area contributed by atoms with Crippen LogP contribution in [0.1, 0.15) is 5.56 Å². The van der Waals surface area contributed by atoms with Crippen LogP contribution in [-0.2, 0) is 5.75 Å². The van der Waals surface area contributed by atoms with Gasteiger partial charge in [-0.3, -0.25) is 10.1 Å². The van der Waals surface area contributed by atoms with Crippen molar-refractivity contribution in [1.29, 1.82) is 0 Å². The third-order valence-electron chi connectivity index (χ3n) is 2.47. The topological polar surface area (TPSA) is 94.1 Å². The highest BCUT2D eigenvalue weighted by Crippen LogP contribution is 2.31. The normalized spacial score (nSPS) is 10.3. The largest absolute Gasteiger partial charge is 0.308 e. The van der Waals surface area contributed by atoms with Gasteiger partial charge in [0.1, 0.15) is 5.82 Å². The number of nitrogens with one attached hydrogen (secondary N) is 1. The summed E-state index contributed by atoms with van der Waals surface area (Å²) in [4.78, 5) is 14.6. The van der Waals surface area contributed by atoms with E-state index in [4.69, 9.17) is 17.4 Å². The fourth-order valence-electron chi connectivity index (χ4n) is 1.49. The number of halogens is 1. The molecule has 0 radical (unpaired) electrons. The van der Waals surface area contributed by atoms with Crippen LogP contribution in [0.15, 0.2) is 41.4 Å². The summed E-state index contributed by atoms with van der Waals surface area (Å²) in [5.74, 6) is 6.20. The van der Waals surface area contributed by atoms with Crippen LogP contribution in [0.4, 0.5) is 11.5 Å². The lowest BCUT2D eigenvalue weighted by atomic mass is 10.2. The molecule has 0 unspecified atom stereocenters. The number of nitro groups is 1. The Kier molecular flexibility index (Phi) is 4.78. The first-order valence-corrected chi connectivity index (χ1v) is 6.96. The highest BCUT2D eigenvalue weighted by Gasteiger charge is 2.16. The van der Waals surface area contributed by atoms with Gasteiger partial charge in [0.25, 0.3) is 0 Å². The summed E-state index contributed by atoms with van der Waals surface area (Å²) in [5, 5.41) is 11.9. The second-order valence-corrected chi connectivity index (χ2v) is 5.24. The molecule has 0 saturated carbocycles. The predicted molar refractivity (Wildman–Crippen MR) is 79.7 cm³/mol. The number of hydrogen-bond acceptors (Lipinski definition) is 6. The molecule has 0 amide bonds. The van der Waals surface area contributed by atoms with Crippen LogP contribution in [0.3, 0.4) is 0 Å². The van der Waals surface area contributed by atoms with Crippen LogP contribution in [0.5, 0.6) is 0 Å². The number of aromatic nitrogens is 1. The highest BCUT2D eigenvalue weighted by molar-refractivity contribution is 7.98. The van der Waals surface area contributed by atoms with E-state index in [1.54, 1.807) is 12.1 Å². The molecule has 0 spiro atoms. The molecule has 104 valence electrons. The quantitative estimate of drug-likeness (QED) is 0.381. The van der Waals surface area contributed by atoms with E-state index in [-0.39, 0.29) is 5.69 Å². The first-order valence-electron chi connectivity index (χ1n) is 5.59. The number of thioether (sulfide) groups is 1. The molecule has 8 heteroatoms. The number of hydrazine groups is 1. The van der Waals surface area contributed by atoms with Crippen molar-refractivity contribution in [3.8, 4) is 0 Å². The number of rotatable bonds is 5. The zero-order valence-corrected chi connectivity index (χ0v) is 11.8. The zero-order valence-electron chi connectivity index (χ0n) is 10.2. The summed E-state index contributed by atoms with van der Waals surface area (Å²) in [6, 6.07) is 10.1. The van der Waals surface area contributed by atoms with Crippen LogP contribution < -0.4 is 11.3 Å². The van der Waals surface area contributed by atoms with E-state index in [0.29, 0.717) is 21.6 Å². The minimum atomic E-state index is -0.461. The molecule has 1 aromatic heterocycles. The number of hydrogen-bond donors (Lipinski definition) is 2. The minimum absolute atomic E-state index is 0.0389. The summed E-state index contributed by atoms with van der Waals surface area (Å²) in [6.45, 7) is 0. The van der Waals surface area contributed by atoms with Gasteiger partial charge in [0.15, 0.2) is 5.03 Å². The monoisotopic (exact) mass is 310 g/mol. The lowest BCUT2D eigenvalue weighted by Gasteiger charge is -2.05. The van der Waals surface area contributed by atoms with Crippen molar-refractivity contribution in [3.05, 3.63) is 57.1 Å². The maximum absolute atomic E-state index is 11.0. The third kappa shape index (κ3) is 3.60. The number of benzene rings is 1. The summed E-state index contributed by atoms with van der Waals surface area (Å²) in [7, 11) is 0. The first kappa shape index (κ1) is 14.6. The van der Waals surface area contributed by atoms with Gasteiger partial charge in [0.05, 0.1) is 4.92 Å². The van der Waals surface area contributed by atoms with Crippen LogP contribution in [0.2, 0.25) is 5.02 Å². The molecule has 2 aromatic rings. The van der Waals surface area contributed by atoms with Gasteiger partial charge in [0.2, 0.25) is 0 Å². The fraction of sp³-hybridized carbons (Fsp3) is 0.0833. The van der Waals surface area contributed by atoms with Gasteiger partial charge >= 0.3 is 5.69 Å². The maximum atomic E-state index is 11.0. The summed E-state index contributed by atoms with van der Waals surface area (Å²) in [6.07, 6.45) is 0. The number of nitrogens with zero attached hydrogens (tertiary/aromatic N) is 2. The molecule has 0 aliphatic rings. The molecule has 0 saturated heterocycles. The Morgan fingerprint density at radius 2 is 2.00 bits per heavy atom. The smallest absolute Gasteiger partial charge is 0.301 e. The molecule has 3 N–H and O–H groups in total. The van der Waals surface area contributed by atoms with E-state index in [1.807, 2.05) is 12.1 Å². The number of nitrogens with two attached hydrogens (primary N) is 1. The Morgan fingerprint density at radius 1 is 1.30 bits per heavy atom. The summed E-state index contributed by atoms with van der Waals surface area (Å²) in [5.41, 5.74) is 3.34. The standard InChI is InChI=1S/C12H11ClN4O2S/c13-9-3-1-8(2-4-9)7-20-12-10(17(18)19)5-6-11(15-12)16-14/h1-6H,7,14H2,(H,15,16). The first-order chi connectivity index (χ1) is 9.60. The molecule has 0 atom stereocenters. The van der Waals surface area contributed by atoms with Crippen molar-refractivity contribution < 1.29 is 4.92 Å². The van der Waals surface area contributed by atoms with E-state index in [1.165, 1.54) is 23.9 Å². The van der Waals surface area contributed by atoms with Crippen LogP contribution in [0, 0.1) is 10.1 Å². The van der Waals surface area contributed by atoms with Crippen molar-refractivity contribution in [1.82, 2.24) is 4.98 Å². The second kappa shape index (κ2) is 6.56. The van der Waals surface area contributed by atoms with Crippen molar-refractivity contribution in [2.24, 2.45) is 5.84 Å². The minimum Gasteiger partial charge on any atom is -0.308 e. The lowest BCUT2D eigenvalue weighted by molar-refractivity contribution is -0.388. The van der Waals surface area contributed by atoms with Crippen molar-refractivity contribution in [3.63, 3.8) is 0 Å². The fourth-order valence-corrected chi connectivity index (χ4v) is 2.57. The molecule has 6 nitrogen and oxygen atoms in total. The molecule has 0 bridgehead atoms. The zero-order chi connectivity index (χ0) is 14.5. The molecule has 1 aromatic carbocycles. The van der Waals surface area contributed by atoms with Crippen LogP contribution in [0.25, 0.3) is 0 Å². The Labute approximate surface area is 124 Å². The Hall–Kier alpha value is -1.83. The van der Waals surface area contributed by atoms with E-state index < -0.39 is 4.92 Å². The van der Waals surface area contributed by atoms with Gasteiger partial charge in [-0.15, -0.1) is 0 Å². The van der Waals surface area contributed by atoms with Gasteiger partial charge < -0.3 is 5.43 Å². The second-order valence-electron chi connectivity index (χ2n) is 3.84. The average molecular weight is 311 g/mol. The number of anilines is 1. The van der Waals surface area contributed by atoms with Gasteiger partial charge in [-0.1, -0.05) is 35.5 Å². The highest BCUT2D eigenvalue weighted by atomic mass is 35.5. The molecule has 0 aliphatic heterocycles. The van der Waals surface area contributed by atoms with Crippen LogP contribution in [-0.4, -0.2) is 9.91 Å². The average Bonchev–Trinajstić information content (AvgIpc) is 2.46. The lowest BCUT2D eigenvalue weighted by Crippen LogP contribution is -2.09. The number of nitrogen functional groups attached to an aromatic ring is 1.